The molecule has 0 unspecified atom stereocenters. The predicted octanol–water partition coefficient (Wildman–Crippen LogP) is 5.19. The SMILES string of the molecule is O=C([C@@H]1COc2ccc(Cl)cc2C1)N1CCc2sccc2[C@H]1c1cccs1. The van der Waals surface area contributed by atoms with Gasteiger partial charge in [-0.15, -0.1) is 22.7 Å². The second kappa shape index (κ2) is 6.97. The van der Waals surface area contributed by atoms with Crippen LogP contribution in [0.15, 0.2) is 47.2 Å². The molecule has 2 aliphatic heterocycles. The predicted molar refractivity (Wildman–Crippen MR) is 110 cm³/mol. The molecule has 0 saturated carbocycles. The Morgan fingerprint density at radius 3 is 2.96 bits per heavy atom. The van der Waals surface area contributed by atoms with Crippen molar-refractivity contribution in [1.82, 2.24) is 4.90 Å². The number of hydrogen-bond donors (Lipinski definition) is 0. The summed E-state index contributed by atoms with van der Waals surface area (Å²) in [6.45, 7) is 1.19. The molecule has 0 radical (unpaired) electrons. The van der Waals surface area contributed by atoms with Crippen LogP contribution in [0.2, 0.25) is 5.02 Å². The van der Waals surface area contributed by atoms with Crippen molar-refractivity contribution in [2.24, 2.45) is 5.92 Å². The number of ether oxygens (including phenoxy) is 1. The molecule has 2 atom stereocenters. The number of fused-ring (bicyclic) bond motifs is 2. The second-order valence-corrected chi connectivity index (χ2v) is 9.38. The van der Waals surface area contributed by atoms with Gasteiger partial charge in [0.2, 0.25) is 5.91 Å². The van der Waals surface area contributed by atoms with Crippen LogP contribution in [-0.2, 0) is 17.6 Å². The minimum Gasteiger partial charge on any atom is -0.492 e. The fourth-order valence-electron chi connectivity index (χ4n) is 4.06. The third kappa shape index (κ3) is 3.08. The Bertz CT molecular complexity index is 982. The first-order valence-corrected chi connectivity index (χ1v) is 11.2. The zero-order valence-electron chi connectivity index (χ0n) is 14.6. The van der Waals surface area contributed by atoms with Crippen molar-refractivity contribution in [1.29, 1.82) is 0 Å². The third-order valence-electron chi connectivity index (χ3n) is 5.34. The molecule has 0 saturated heterocycles. The van der Waals surface area contributed by atoms with Gasteiger partial charge >= 0.3 is 0 Å². The fourth-order valence-corrected chi connectivity index (χ4v) is 6.02. The standard InChI is InChI=1S/C21H18ClNO2S2/c22-15-3-4-17-13(11-15)10-14(12-25-17)21(24)23-7-5-18-16(6-9-27-18)20(23)19-2-1-8-26-19/h1-4,6,8-9,11,14,20H,5,7,10,12H2/t14-,20-/m0/s1. The summed E-state index contributed by atoms with van der Waals surface area (Å²) in [6, 6.07) is 12.0. The molecule has 3 aromatic rings. The Kier molecular flexibility index (Phi) is 4.46. The fraction of sp³-hybridized carbons (Fsp3) is 0.286. The first kappa shape index (κ1) is 17.3. The van der Waals surface area contributed by atoms with Crippen molar-refractivity contribution in [3.63, 3.8) is 0 Å². The third-order valence-corrected chi connectivity index (χ3v) is 7.50. The molecule has 2 aliphatic rings. The molecule has 2 aromatic heterocycles. The highest BCUT2D eigenvalue weighted by atomic mass is 35.5. The molecule has 0 fully saturated rings. The van der Waals surface area contributed by atoms with Gasteiger partial charge in [0.15, 0.2) is 0 Å². The molecule has 6 heteroatoms. The zero-order chi connectivity index (χ0) is 18.4. The monoisotopic (exact) mass is 415 g/mol. The summed E-state index contributed by atoms with van der Waals surface area (Å²) in [7, 11) is 0. The average Bonchev–Trinajstić information content (AvgIpc) is 3.37. The lowest BCUT2D eigenvalue weighted by molar-refractivity contribution is -0.139. The normalized spacial score (nSPS) is 21.3. The van der Waals surface area contributed by atoms with Crippen LogP contribution in [0.25, 0.3) is 0 Å². The summed E-state index contributed by atoms with van der Waals surface area (Å²) < 4.78 is 5.88. The van der Waals surface area contributed by atoms with Gasteiger partial charge in [0.05, 0.1) is 12.0 Å². The van der Waals surface area contributed by atoms with E-state index in [1.807, 2.05) is 18.2 Å². The number of carbonyl (C=O) groups is 1. The molecule has 1 aromatic carbocycles. The minimum atomic E-state index is -0.168. The average molecular weight is 416 g/mol. The molecule has 1 amide bonds. The number of carbonyl (C=O) groups excluding carboxylic acids is 1. The molecule has 138 valence electrons. The van der Waals surface area contributed by atoms with E-state index < -0.39 is 0 Å². The molecular weight excluding hydrogens is 398 g/mol. The lowest BCUT2D eigenvalue weighted by Crippen LogP contribution is -2.45. The molecule has 0 N–H and O–H groups in total. The van der Waals surface area contributed by atoms with E-state index >= 15 is 0 Å². The molecule has 3 nitrogen and oxygen atoms in total. The van der Waals surface area contributed by atoms with E-state index in [0.717, 1.165) is 24.3 Å². The van der Waals surface area contributed by atoms with Gasteiger partial charge in [0.25, 0.3) is 0 Å². The van der Waals surface area contributed by atoms with Gasteiger partial charge in [0, 0.05) is 21.3 Å². The Morgan fingerprint density at radius 1 is 1.19 bits per heavy atom. The number of amides is 1. The molecule has 27 heavy (non-hydrogen) atoms. The summed E-state index contributed by atoms with van der Waals surface area (Å²) in [5, 5.41) is 4.91. The number of thiophene rings is 2. The van der Waals surface area contributed by atoms with E-state index in [1.165, 1.54) is 15.3 Å². The maximum atomic E-state index is 13.5. The van der Waals surface area contributed by atoms with Crippen molar-refractivity contribution < 1.29 is 9.53 Å². The highest BCUT2D eigenvalue weighted by molar-refractivity contribution is 7.10. The Morgan fingerprint density at radius 2 is 2.11 bits per heavy atom. The Hall–Kier alpha value is -1.82. The van der Waals surface area contributed by atoms with Crippen molar-refractivity contribution in [3.8, 4) is 5.75 Å². The maximum Gasteiger partial charge on any atom is 0.230 e. The van der Waals surface area contributed by atoms with Crippen LogP contribution >= 0.6 is 34.3 Å². The van der Waals surface area contributed by atoms with Crippen LogP contribution in [0.3, 0.4) is 0 Å². The molecular formula is C21H18ClNO2S2. The second-order valence-electron chi connectivity index (χ2n) is 6.96. The van der Waals surface area contributed by atoms with Gasteiger partial charge in [-0.05, 0) is 65.1 Å². The summed E-state index contributed by atoms with van der Waals surface area (Å²) >= 11 is 9.65. The number of rotatable bonds is 2. The van der Waals surface area contributed by atoms with Gasteiger partial charge in [-0.1, -0.05) is 17.7 Å². The van der Waals surface area contributed by atoms with Gasteiger partial charge in [0.1, 0.15) is 12.4 Å². The molecule has 0 aliphatic carbocycles. The van der Waals surface area contributed by atoms with Crippen LogP contribution in [0.4, 0.5) is 0 Å². The molecule has 0 spiro atoms. The molecule has 4 heterocycles. The van der Waals surface area contributed by atoms with Gasteiger partial charge in [-0.2, -0.15) is 0 Å². The van der Waals surface area contributed by atoms with Crippen LogP contribution < -0.4 is 4.74 Å². The van der Waals surface area contributed by atoms with Crippen LogP contribution in [0, 0.1) is 5.92 Å². The van der Waals surface area contributed by atoms with Crippen LogP contribution in [0.1, 0.15) is 26.9 Å². The van der Waals surface area contributed by atoms with Crippen LogP contribution in [-0.4, -0.2) is 24.0 Å². The Labute approximate surface area is 171 Å². The maximum absolute atomic E-state index is 13.5. The van der Waals surface area contributed by atoms with Crippen molar-refractivity contribution in [2.75, 3.05) is 13.2 Å². The van der Waals surface area contributed by atoms with Crippen molar-refractivity contribution in [3.05, 3.63) is 73.1 Å². The zero-order valence-corrected chi connectivity index (χ0v) is 16.9. The topological polar surface area (TPSA) is 29.5 Å². The first-order chi connectivity index (χ1) is 13.2. The number of halogens is 1. The lowest BCUT2D eigenvalue weighted by Gasteiger charge is -2.38. The summed E-state index contributed by atoms with van der Waals surface area (Å²) in [5.41, 5.74) is 2.30. The number of hydrogen-bond acceptors (Lipinski definition) is 4. The van der Waals surface area contributed by atoms with Gasteiger partial charge in [-0.3, -0.25) is 4.79 Å². The lowest BCUT2D eigenvalue weighted by atomic mass is 9.92. The van der Waals surface area contributed by atoms with E-state index in [0.29, 0.717) is 18.1 Å². The van der Waals surface area contributed by atoms with Gasteiger partial charge < -0.3 is 9.64 Å². The number of nitrogens with zero attached hydrogens (tertiary/aromatic N) is 1. The molecule has 0 bridgehead atoms. The van der Waals surface area contributed by atoms with Gasteiger partial charge in [-0.25, -0.2) is 0 Å². The smallest absolute Gasteiger partial charge is 0.230 e. The van der Waals surface area contributed by atoms with E-state index in [1.54, 1.807) is 22.7 Å². The molecule has 5 rings (SSSR count). The van der Waals surface area contributed by atoms with Crippen molar-refractivity contribution >= 4 is 40.2 Å². The van der Waals surface area contributed by atoms with E-state index in [9.17, 15) is 4.79 Å². The summed E-state index contributed by atoms with van der Waals surface area (Å²) in [4.78, 5) is 18.2. The summed E-state index contributed by atoms with van der Waals surface area (Å²) in [5.74, 6) is 0.853. The first-order valence-electron chi connectivity index (χ1n) is 9.02. The summed E-state index contributed by atoms with van der Waals surface area (Å²) in [6.07, 6.45) is 1.61. The number of benzene rings is 1. The quantitative estimate of drug-likeness (QED) is 0.576. The van der Waals surface area contributed by atoms with Crippen LogP contribution in [0.5, 0.6) is 5.75 Å². The van der Waals surface area contributed by atoms with E-state index in [-0.39, 0.29) is 17.9 Å². The highest BCUT2D eigenvalue weighted by Crippen LogP contribution is 2.41. The minimum absolute atomic E-state index is 0.0215. The van der Waals surface area contributed by atoms with E-state index in [2.05, 4.69) is 33.9 Å². The Balaban J connectivity index is 1.46. The largest absolute Gasteiger partial charge is 0.492 e. The van der Waals surface area contributed by atoms with E-state index in [4.69, 9.17) is 16.3 Å². The van der Waals surface area contributed by atoms with Crippen molar-refractivity contribution in [2.45, 2.75) is 18.9 Å². The highest BCUT2D eigenvalue weighted by Gasteiger charge is 2.37.